The van der Waals surface area contributed by atoms with Crippen LogP contribution >= 0.6 is 11.8 Å². The first-order valence-corrected chi connectivity index (χ1v) is 10.5. The number of nitrogens with one attached hydrogen (secondary N) is 1. The number of aromatic nitrogens is 2. The minimum absolute atomic E-state index is 0.0299. The number of fused-ring (bicyclic) bond motifs is 1. The molecule has 1 saturated carbocycles. The van der Waals surface area contributed by atoms with Crippen molar-refractivity contribution in [3.63, 3.8) is 0 Å². The number of carbonyl (C=O) groups is 2. The van der Waals surface area contributed by atoms with E-state index in [1.54, 1.807) is 23.6 Å². The fourth-order valence-corrected chi connectivity index (χ4v) is 4.82. The summed E-state index contributed by atoms with van der Waals surface area (Å²) in [5.41, 5.74) is 5.57. The average Bonchev–Trinajstić information content (AvgIpc) is 2.64. The summed E-state index contributed by atoms with van der Waals surface area (Å²) in [6, 6.07) is 6.39. The lowest BCUT2D eigenvalue weighted by Gasteiger charge is -2.36. The molecule has 3 N–H and O–H groups in total. The van der Waals surface area contributed by atoms with E-state index >= 15 is 0 Å². The molecule has 4 atom stereocenters. The van der Waals surface area contributed by atoms with Crippen LogP contribution in [0.25, 0.3) is 10.9 Å². The fourth-order valence-electron chi connectivity index (χ4n) is 3.85. The number of benzene rings is 1. The van der Waals surface area contributed by atoms with Crippen LogP contribution in [-0.4, -0.2) is 26.7 Å². The molecule has 1 aromatic carbocycles. The molecule has 1 aromatic heterocycles. The zero-order valence-corrected chi connectivity index (χ0v) is 17.2. The van der Waals surface area contributed by atoms with Crippen molar-refractivity contribution in [2.45, 2.75) is 56.5 Å². The lowest BCUT2D eigenvalue weighted by molar-refractivity contribution is -0.119. The number of primary amides is 1. The molecule has 0 unspecified atom stereocenters. The number of nitrogens with two attached hydrogens (primary N) is 1. The Balaban J connectivity index is 2.08. The van der Waals surface area contributed by atoms with Crippen LogP contribution in [0.4, 0.5) is 4.79 Å². The third kappa shape index (κ3) is 4.06. The van der Waals surface area contributed by atoms with Crippen molar-refractivity contribution in [2.24, 2.45) is 17.6 Å². The maximum absolute atomic E-state index is 13.4. The van der Waals surface area contributed by atoms with Crippen molar-refractivity contribution in [1.29, 1.82) is 0 Å². The number of amides is 3. The lowest BCUT2D eigenvalue weighted by Crippen LogP contribution is -2.40. The average molecular weight is 403 g/mol. The second-order valence-electron chi connectivity index (χ2n) is 7.53. The van der Waals surface area contributed by atoms with Gasteiger partial charge in [-0.1, -0.05) is 50.6 Å². The van der Waals surface area contributed by atoms with Crippen LogP contribution in [-0.2, 0) is 4.79 Å². The Morgan fingerprint density at radius 3 is 2.71 bits per heavy atom. The summed E-state index contributed by atoms with van der Waals surface area (Å²) in [5.74, 6) is 0.325. The standard InChI is InChI=1S/C20H26N4O3S/c1-11-7-6-10-16(12(11)2)24-18(26)14-8-4-5-9-15(14)22-20(24)28-13(3)17(25)23-19(21)27/h4-5,8-9,11-13,16H,6-7,10H2,1-3H3,(H3,21,23,25,27)/t11-,12-,13+,16-/m1/s1. The molecule has 3 amide bonds. The minimum atomic E-state index is -0.893. The van der Waals surface area contributed by atoms with Gasteiger partial charge in [0.1, 0.15) is 0 Å². The Morgan fingerprint density at radius 2 is 2.00 bits per heavy atom. The first kappa shape index (κ1) is 20.4. The van der Waals surface area contributed by atoms with E-state index in [2.05, 4.69) is 19.2 Å². The van der Waals surface area contributed by atoms with Gasteiger partial charge in [0.05, 0.1) is 16.2 Å². The number of imide groups is 1. The zero-order chi connectivity index (χ0) is 20.4. The van der Waals surface area contributed by atoms with Crippen molar-refractivity contribution in [3.05, 3.63) is 34.6 Å². The molecule has 28 heavy (non-hydrogen) atoms. The van der Waals surface area contributed by atoms with Crippen LogP contribution in [0.2, 0.25) is 0 Å². The number of hydrogen-bond donors (Lipinski definition) is 2. The summed E-state index contributed by atoms with van der Waals surface area (Å²) in [4.78, 5) is 41.2. The van der Waals surface area contributed by atoms with Crippen molar-refractivity contribution in [1.82, 2.24) is 14.9 Å². The topological polar surface area (TPSA) is 107 Å². The molecule has 0 bridgehead atoms. The van der Waals surface area contributed by atoms with Gasteiger partial charge in [0, 0.05) is 6.04 Å². The number of nitrogens with zero attached hydrogens (tertiary/aromatic N) is 2. The molecular weight excluding hydrogens is 376 g/mol. The number of para-hydroxylation sites is 1. The van der Waals surface area contributed by atoms with E-state index in [-0.39, 0.29) is 11.6 Å². The Labute approximate surface area is 168 Å². The molecule has 0 saturated heterocycles. The maximum Gasteiger partial charge on any atom is 0.318 e. The van der Waals surface area contributed by atoms with Gasteiger partial charge in [-0.25, -0.2) is 9.78 Å². The molecule has 0 radical (unpaired) electrons. The van der Waals surface area contributed by atoms with Crippen molar-refractivity contribution < 1.29 is 9.59 Å². The number of carbonyl (C=O) groups excluding carboxylic acids is 2. The molecule has 0 aliphatic heterocycles. The fraction of sp³-hybridized carbons (Fsp3) is 0.500. The lowest BCUT2D eigenvalue weighted by atomic mass is 9.78. The van der Waals surface area contributed by atoms with Gasteiger partial charge < -0.3 is 5.73 Å². The maximum atomic E-state index is 13.4. The number of hydrogen-bond acceptors (Lipinski definition) is 5. The van der Waals surface area contributed by atoms with Gasteiger partial charge in [-0.15, -0.1) is 0 Å². The van der Waals surface area contributed by atoms with E-state index < -0.39 is 17.2 Å². The van der Waals surface area contributed by atoms with Crippen LogP contribution in [0.5, 0.6) is 0 Å². The largest absolute Gasteiger partial charge is 0.351 e. The summed E-state index contributed by atoms with van der Waals surface area (Å²) >= 11 is 1.18. The Morgan fingerprint density at radius 1 is 1.29 bits per heavy atom. The molecule has 2 aromatic rings. The molecule has 0 spiro atoms. The zero-order valence-electron chi connectivity index (χ0n) is 16.3. The van der Waals surface area contributed by atoms with E-state index in [1.807, 2.05) is 12.1 Å². The van der Waals surface area contributed by atoms with E-state index in [0.717, 1.165) is 19.3 Å². The van der Waals surface area contributed by atoms with E-state index in [4.69, 9.17) is 10.7 Å². The molecular formula is C20H26N4O3S. The Bertz CT molecular complexity index is 958. The predicted octanol–water partition coefficient (Wildman–Crippen LogP) is 3.07. The Kier molecular flexibility index (Phi) is 6.07. The first-order chi connectivity index (χ1) is 13.3. The van der Waals surface area contributed by atoms with E-state index in [9.17, 15) is 14.4 Å². The number of urea groups is 1. The van der Waals surface area contributed by atoms with Crippen LogP contribution in [0.15, 0.2) is 34.2 Å². The van der Waals surface area contributed by atoms with Gasteiger partial charge in [-0.3, -0.25) is 19.5 Å². The SMILES string of the molecule is C[C@@H]1[C@H](C)CCC[C@H]1n1c(S[C@@H](C)C(=O)NC(N)=O)nc2ccccc2c1=O. The first-order valence-electron chi connectivity index (χ1n) is 9.57. The monoisotopic (exact) mass is 402 g/mol. The van der Waals surface area contributed by atoms with Crippen molar-refractivity contribution >= 4 is 34.6 Å². The molecule has 1 fully saturated rings. The van der Waals surface area contributed by atoms with Crippen molar-refractivity contribution in [2.75, 3.05) is 0 Å². The summed E-state index contributed by atoms with van der Waals surface area (Å²) in [5, 5.41) is 2.55. The highest BCUT2D eigenvalue weighted by Gasteiger charge is 2.32. The quantitative estimate of drug-likeness (QED) is 0.604. The highest BCUT2D eigenvalue weighted by Crippen LogP contribution is 2.39. The van der Waals surface area contributed by atoms with Gasteiger partial charge in [-0.05, 0) is 37.3 Å². The highest BCUT2D eigenvalue weighted by molar-refractivity contribution is 8.00. The van der Waals surface area contributed by atoms with Crippen LogP contribution < -0.4 is 16.6 Å². The second kappa shape index (κ2) is 8.34. The molecule has 1 heterocycles. The summed E-state index contributed by atoms with van der Waals surface area (Å²) < 4.78 is 1.77. The number of thioether (sulfide) groups is 1. The summed E-state index contributed by atoms with van der Waals surface area (Å²) in [7, 11) is 0. The smallest absolute Gasteiger partial charge is 0.318 e. The van der Waals surface area contributed by atoms with Gasteiger partial charge >= 0.3 is 6.03 Å². The van der Waals surface area contributed by atoms with E-state index in [1.165, 1.54) is 11.8 Å². The Hall–Kier alpha value is -2.35. The predicted molar refractivity (Wildman–Crippen MR) is 110 cm³/mol. The molecule has 150 valence electrons. The van der Waals surface area contributed by atoms with Crippen molar-refractivity contribution in [3.8, 4) is 0 Å². The molecule has 3 rings (SSSR count). The van der Waals surface area contributed by atoms with Gasteiger partial charge in [0.25, 0.3) is 5.56 Å². The highest BCUT2D eigenvalue weighted by atomic mass is 32.2. The molecule has 7 nitrogen and oxygen atoms in total. The van der Waals surface area contributed by atoms with Crippen LogP contribution in [0, 0.1) is 11.8 Å². The minimum Gasteiger partial charge on any atom is -0.351 e. The number of rotatable bonds is 4. The van der Waals surface area contributed by atoms with Gasteiger partial charge in [0.2, 0.25) is 5.91 Å². The van der Waals surface area contributed by atoms with E-state index in [0.29, 0.717) is 27.9 Å². The van der Waals surface area contributed by atoms with Crippen LogP contribution in [0.3, 0.4) is 0 Å². The molecule has 1 aliphatic rings. The third-order valence-corrected chi connectivity index (χ3v) is 6.74. The van der Waals surface area contributed by atoms with Gasteiger partial charge in [0.15, 0.2) is 5.16 Å². The summed E-state index contributed by atoms with van der Waals surface area (Å²) in [6.07, 6.45) is 3.10. The van der Waals surface area contributed by atoms with Crippen LogP contribution in [0.1, 0.15) is 46.1 Å². The third-order valence-electron chi connectivity index (χ3n) is 5.67. The molecule has 1 aliphatic carbocycles. The van der Waals surface area contributed by atoms with Gasteiger partial charge in [-0.2, -0.15) is 0 Å². The second-order valence-corrected chi connectivity index (χ2v) is 8.84. The molecule has 8 heteroatoms. The normalized spacial score (nSPS) is 23.3. The summed E-state index contributed by atoms with van der Waals surface area (Å²) in [6.45, 7) is 6.06.